The fourth-order valence-corrected chi connectivity index (χ4v) is 5.67. The predicted octanol–water partition coefficient (Wildman–Crippen LogP) is 4.61. The fraction of sp³-hybridized carbons (Fsp3) is 0.300. The van der Waals surface area contributed by atoms with Crippen molar-refractivity contribution in [1.29, 1.82) is 0 Å². The van der Waals surface area contributed by atoms with Crippen LogP contribution in [-0.4, -0.2) is 41.0 Å². The summed E-state index contributed by atoms with van der Waals surface area (Å²) in [4.78, 5) is 22.5. The highest BCUT2D eigenvalue weighted by Gasteiger charge is 2.32. The number of rotatable bonds is 4. The van der Waals surface area contributed by atoms with Crippen LogP contribution in [-0.2, 0) is 0 Å². The minimum Gasteiger partial charge on any atom is -0.493 e. The van der Waals surface area contributed by atoms with Gasteiger partial charge in [-0.2, -0.15) is 0 Å². The van der Waals surface area contributed by atoms with E-state index in [9.17, 15) is 4.79 Å². The Morgan fingerprint density at radius 3 is 2.89 bits per heavy atom. The molecule has 6 nitrogen and oxygen atoms in total. The van der Waals surface area contributed by atoms with Crippen molar-refractivity contribution in [3.8, 4) is 11.5 Å². The molecule has 5 rings (SSSR count). The minimum absolute atomic E-state index is 0.0468. The second-order valence-electron chi connectivity index (χ2n) is 6.74. The number of ether oxygens (including phenoxy) is 2. The predicted molar refractivity (Wildman–Crippen MR) is 111 cm³/mol. The van der Waals surface area contributed by atoms with Crippen molar-refractivity contribution in [2.45, 2.75) is 18.9 Å². The molecule has 1 fully saturated rings. The minimum atomic E-state index is 0.0468. The number of amides is 1. The smallest absolute Gasteiger partial charge is 0.264 e. The SMILES string of the molecule is COc1ccc([C@@H]2CCCN2C(=O)c2cc3c(nc4sccn43)s2)cc1OC. The summed E-state index contributed by atoms with van der Waals surface area (Å²) in [5.41, 5.74) is 2.08. The number of fused-ring (bicyclic) bond motifs is 3. The summed E-state index contributed by atoms with van der Waals surface area (Å²) < 4.78 is 12.8. The van der Waals surface area contributed by atoms with Crippen LogP contribution in [0.15, 0.2) is 35.8 Å². The summed E-state index contributed by atoms with van der Waals surface area (Å²) in [5, 5.41) is 2.01. The molecule has 1 saturated heterocycles. The molecule has 0 radical (unpaired) electrons. The van der Waals surface area contributed by atoms with Gasteiger partial charge < -0.3 is 14.4 Å². The van der Waals surface area contributed by atoms with Crippen LogP contribution in [0.2, 0.25) is 0 Å². The van der Waals surface area contributed by atoms with Crippen molar-refractivity contribution in [2.24, 2.45) is 0 Å². The van der Waals surface area contributed by atoms with Gasteiger partial charge >= 0.3 is 0 Å². The Labute approximate surface area is 169 Å². The number of methoxy groups -OCH3 is 2. The van der Waals surface area contributed by atoms with E-state index in [0.29, 0.717) is 11.5 Å². The number of benzene rings is 1. The zero-order chi connectivity index (χ0) is 19.3. The van der Waals surface area contributed by atoms with Gasteiger partial charge in [0, 0.05) is 18.1 Å². The highest BCUT2D eigenvalue weighted by Crippen LogP contribution is 2.39. The van der Waals surface area contributed by atoms with Crippen molar-refractivity contribution in [3.05, 3.63) is 46.3 Å². The number of hydrogen-bond donors (Lipinski definition) is 0. The van der Waals surface area contributed by atoms with Crippen molar-refractivity contribution in [3.63, 3.8) is 0 Å². The normalized spacial score (nSPS) is 16.9. The van der Waals surface area contributed by atoms with Gasteiger partial charge in [-0.25, -0.2) is 4.98 Å². The molecule has 0 bridgehead atoms. The topological polar surface area (TPSA) is 56.1 Å². The van der Waals surface area contributed by atoms with Crippen LogP contribution < -0.4 is 9.47 Å². The van der Waals surface area contributed by atoms with E-state index in [0.717, 1.165) is 45.1 Å². The highest BCUT2D eigenvalue weighted by molar-refractivity contribution is 7.21. The molecule has 0 spiro atoms. The average Bonchev–Trinajstić information content (AvgIpc) is 3.47. The van der Waals surface area contributed by atoms with Crippen LogP contribution in [0.5, 0.6) is 11.5 Å². The van der Waals surface area contributed by atoms with Crippen molar-refractivity contribution in [1.82, 2.24) is 14.3 Å². The first-order valence-corrected chi connectivity index (χ1v) is 10.8. The van der Waals surface area contributed by atoms with Gasteiger partial charge in [0.25, 0.3) is 5.91 Å². The van der Waals surface area contributed by atoms with E-state index in [4.69, 9.17) is 9.47 Å². The van der Waals surface area contributed by atoms with Gasteiger partial charge in [-0.05, 0) is 36.6 Å². The van der Waals surface area contributed by atoms with Crippen LogP contribution in [0.1, 0.15) is 34.1 Å². The van der Waals surface area contributed by atoms with Crippen molar-refractivity contribution < 1.29 is 14.3 Å². The van der Waals surface area contributed by atoms with Crippen LogP contribution in [0.25, 0.3) is 15.3 Å². The number of aromatic nitrogens is 2. The summed E-state index contributed by atoms with van der Waals surface area (Å²) in [7, 11) is 3.26. The van der Waals surface area contributed by atoms with Gasteiger partial charge in [0.2, 0.25) is 0 Å². The molecule has 1 amide bonds. The third-order valence-corrected chi connectivity index (χ3v) is 7.02. The molecule has 1 aliphatic rings. The Hall–Kier alpha value is -2.58. The first-order chi connectivity index (χ1) is 13.7. The fourth-order valence-electron chi connectivity index (χ4n) is 3.91. The average molecular weight is 414 g/mol. The third kappa shape index (κ3) is 2.67. The Morgan fingerprint density at radius 2 is 2.07 bits per heavy atom. The van der Waals surface area contributed by atoms with Crippen LogP contribution in [0, 0.1) is 0 Å². The van der Waals surface area contributed by atoms with Gasteiger partial charge in [0.1, 0.15) is 4.83 Å². The van der Waals surface area contributed by atoms with Gasteiger partial charge in [0.15, 0.2) is 16.5 Å². The molecule has 4 heterocycles. The molecule has 28 heavy (non-hydrogen) atoms. The number of nitrogens with zero attached hydrogens (tertiary/aromatic N) is 3. The number of carbonyl (C=O) groups is 1. The van der Waals surface area contributed by atoms with E-state index < -0.39 is 0 Å². The summed E-state index contributed by atoms with van der Waals surface area (Å²) in [5.74, 6) is 1.46. The summed E-state index contributed by atoms with van der Waals surface area (Å²) >= 11 is 3.07. The molecule has 3 aromatic heterocycles. The van der Waals surface area contributed by atoms with E-state index in [1.54, 1.807) is 25.6 Å². The number of hydrogen-bond acceptors (Lipinski definition) is 6. The monoisotopic (exact) mass is 413 g/mol. The zero-order valence-corrected chi connectivity index (χ0v) is 17.2. The molecule has 0 aliphatic carbocycles. The maximum Gasteiger partial charge on any atom is 0.264 e. The second kappa shape index (κ2) is 6.79. The molecule has 0 N–H and O–H groups in total. The molecule has 8 heteroatoms. The van der Waals surface area contributed by atoms with Crippen LogP contribution >= 0.6 is 22.7 Å². The molecule has 0 saturated carbocycles. The Balaban J connectivity index is 1.47. The van der Waals surface area contributed by atoms with Crippen LogP contribution in [0.4, 0.5) is 0 Å². The quantitative estimate of drug-likeness (QED) is 0.490. The molecule has 1 aliphatic heterocycles. The lowest BCUT2D eigenvalue weighted by atomic mass is 10.0. The van der Waals surface area contributed by atoms with Crippen LogP contribution in [0.3, 0.4) is 0 Å². The highest BCUT2D eigenvalue weighted by atomic mass is 32.1. The first-order valence-electron chi connectivity index (χ1n) is 9.07. The maximum absolute atomic E-state index is 13.3. The Kier molecular flexibility index (Phi) is 4.25. The van der Waals surface area contributed by atoms with Gasteiger partial charge in [-0.1, -0.05) is 6.07 Å². The summed E-state index contributed by atoms with van der Waals surface area (Å²) in [6, 6.07) is 7.92. The van der Waals surface area contributed by atoms with E-state index in [-0.39, 0.29) is 11.9 Å². The summed E-state index contributed by atoms with van der Waals surface area (Å²) in [6.45, 7) is 0.758. The number of thiazole rings is 1. The number of thiophene rings is 1. The van der Waals surface area contributed by atoms with E-state index in [1.807, 2.05) is 45.1 Å². The second-order valence-corrected chi connectivity index (χ2v) is 8.64. The Morgan fingerprint density at radius 1 is 1.21 bits per heavy atom. The van der Waals surface area contributed by atoms with E-state index in [2.05, 4.69) is 4.98 Å². The lowest BCUT2D eigenvalue weighted by molar-refractivity contribution is 0.0740. The molecule has 0 unspecified atom stereocenters. The van der Waals surface area contributed by atoms with Crippen molar-refractivity contribution >= 4 is 43.9 Å². The lowest BCUT2D eigenvalue weighted by Gasteiger charge is -2.25. The number of likely N-dealkylation sites (tertiary alicyclic amines) is 1. The van der Waals surface area contributed by atoms with Crippen molar-refractivity contribution in [2.75, 3.05) is 20.8 Å². The van der Waals surface area contributed by atoms with E-state index in [1.165, 1.54) is 11.3 Å². The Bertz CT molecular complexity index is 1180. The number of carbonyl (C=O) groups excluding carboxylic acids is 1. The number of imidazole rings is 1. The molecule has 1 aromatic carbocycles. The molecule has 4 aromatic rings. The van der Waals surface area contributed by atoms with Gasteiger partial charge in [-0.3, -0.25) is 9.20 Å². The standard InChI is InChI=1S/C20H19N3O3S2/c1-25-15-6-5-12(10-16(15)26-2)13-4-3-7-22(13)19(24)17-11-14-18(28-17)21-20-23(14)8-9-27-20/h5-6,8-11,13H,3-4,7H2,1-2H3/t13-/m0/s1. The first kappa shape index (κ1) is 17.5. The molecular weight excluding hydrogens is 394 g/mol. The zero-order valence-electron chi connectivity index (χ0n) is 15.5. The van der Waals surface area contributed by atoms with E-state index >= 15 is 0 Å². The molecule has 144 valence electrons. The maximum atomic E-state index is 13.3. The molecule has 1 atom stereocenters. The molecular formula is C20H19N3O3S2. The summed E-state index contributed by atoms with van der Waals surface area (Å²) in [6.07, 6.45) is 3.93. The lowest BCUT2D eigenvalue weighted by Crippen LogP contribution is -2.30. The largest absolute Gasteiger partial charge is 0.493 e. The van der Waals surface area contributed by atoms with Gasteiger partial charge in [0.05, 0.1) is 30.7 Å². The van der Waals surface area contributed by atoms with Gasteiger partial charge in [-0.15, -0.1) is 22.7 Å². The third-order valence-electron chi connectivity index (χ3n) is 5.26.